The largest absolute Gasteiger partial charge is 0.334 e. The van der Waals surface area contributed by atoms with Crippen LogP contribution in [0.15, 0.2) is 48.5 Å². The first-order valence-electron chi connectivity index (χ1n) is 8.27. The number of nitrogens with zero attached hydrogens (tertiary/aromatic N) is 1. The molecule has 1 saturated heterocycles. The number of nitrogens with one attached hydrogen (secondary N) is 1. The number of halogens is 2. The van der Waals surface area contributed by atoms with Gasteiger partial charge in [-0.15, -0.1) is 0 Å². The van der Waals surface area contributed by atoms with E-state index in [-0.39, 0.29) is 11.8 Å². The molecule has 1 heterocycles. The Balaban J connectivity index is 1.54. The fourth-order valence-electron chi connectivity index (χ4n) is 2.85. The monoisotopic (exact) mass is 378 g/mol. The minimum atomic E-state index is -0.273. The summed E-state index contributed by atoms with van der Waals surface area (Å²) in [5.74, 6) is 0.602. The van der Waals surface area contributed by atoms with Gasteiger partial charge < -0.3 is 10.2 Å². The summed E-state index contributed by atoms with van der Waals surface area (Å²) in [5.41, 5.74) is 2.02. The molecule has 1 fully saturated rings. The predicted octanol–water partition coefficient (Wildman–Crippen LogP) is 4.87. The Labute approximate surface area is 156 Å². The molecule has 6 heteroatoms. The van der Waals surface area contributed by atoms with Crippen molar-refractivity contribution in [2.75, 3.05) is 18.8 Å². The van der Waals surface area contributed by atoms with Gasteiger partial charge in [-0.1, -0.05) is 41.9 Å². The number of rotatable bonds is 3. The normalized spacial score (nSPS) is 17.8. The second-order valence-electron chi connectivity index (χ2n) is 5.94. The number of carbonyl (C=O) groups excluding carboxylic acids is 1. The van der Waals surface area contributed by atoms with E-state index in [0.717, 1.165) is 28.3 Å². The highest BCUT2D eigenvalue weighted by atomic mass is 35.5. The molecule has 132 valence electrons. The summed E-state index contributed by atoms with van der Waals surface area (Å²) in [6.45, 7) is 1.80. The zero-order valence-electron chi connectivity index (χ0n) is 13.8. The number of urea groups is 1. The van der Waals surface area contributed by atoms with Gasteiger partial charge in [-0.25, -0.2) is 9.18 Å². The van der Waals surface area contributed by atoms with Gasteiger partial charge >= 0.3 is 6.03 Å². The fraction of sp³-hybridized carbons (Fsp3) is 0.316. The van der Waals surface area contributed by atoms with Crippen LogP contribution in [0.4, 0.5) is 9.18 Å². The van der Waals surface area contributed by atoms with Gasteiger partial charge in [0.25, 0.3) is 0 Å². The van der Waals surface area contributed by atoms with Gasteiger partial charge in [-0.2, -0.15) is 11.8 Å². The lowest BCUT2D eigenvalue weighted by Gasteiger charge is -2.21. The van der Waals surface area contributed by atoms with Crippen LogP contribution in [0.3, 0.4) is 0 Å². The second-order valence-corrected chi connectivity index (χ2v) is 7.66. The van der Waals surface area contributed by atoms with Crippen molar-refractivity contribution in [2.45, 2.75) is 18.2 Å². The van der Waals surface area contributed by atoms with Crippen molar-refractivity contribution in [1.29, 1.82) is 0 Å². The van der Waals surface area contributed by atoms with Crippen LogP contribution < -0.4 is 5.32 Å². The lowest BCUT2D eigenvalue weighted by atomic mass is 10.1. The molecular weight excluding hydrogens is 359 g/mol. The summed E-state index contributed by atoms with van der Waals surface area (Å²) >= 11 is 8.15. The molecule has 3 nitrogen and oxygen atoms in total. The number of hydrogen-bond acceptors (Lipinski definition) is 2. The van der Waals surface area contributed by atoms with Gasteiger partial charge in [0.1, 0.15) is 5.82 Å². The summed E-state index contributed by atoms with van der Waals surface area (Å²) in [6.07, 6.45) is 0.873. The molecule has 0 bridgehead atoms. The van der Waals surface area contributed by atoms with E-state index in [1.54, 1.807) is 12.1 Å². The summed E-state index contributed by atoms with van der Waals surface area (Å²) in [7, 11) is 0. The van der Waals surface area contributed by atoms with E-state index in [0.29, 0.717) is 24.9 Å². The number of carbonyl (C=O) groups is 1. The molecule has 2 aromatic carbocycles. The lowest BCUT2D eigenvalue weighted by Crippen LogP contribution is -2.40. The molecule has 0 saturated carbocycles. The van der Waals surface area contributed by atoms with Gasteiger partial charge in [0.2, 0.25) is 0 Å². The molecule has 2 aromatic rings. The van der Waals surface area contributed by atoms with Crippen molar-refractivity contribution < 1.29 is 9.18 Å². The van der Waals surface area contributed by atoms with Crippen LogP contribution in [-0.2, 0) is 6.54 Å². The first-order chi connectivity index (χ1) is 12.1. The van der Waals surface area contributed by atoms with Crippen molar-refractivity contribution in [3.8, 4) is 0 Å². The Kier molecular flexibility index (Phi) is 6.21. The van der Waals surface area contributed by atoms with Crippen LogP contribution in [0, 0.1) is 5.82 Å². The Hall–Kier alpha value is -1.72. The maximum atomic E-state index is 12.9. The third-order valence-corrected chi connectivity index (χ3v) is 5.89. The van der Waals surface area contributed by atoms with E-state index < -0.39 is 0 Å². The molecule has 0 aliphatic carbocycles. The van der Waals surface area contributed by atoms with Crippen LogP contribution in [0.5, 0.6) is 0 Å². The Morgan fingerprint density at radius 3 is 2.72 bits per heavy atom. The average molecular weight is 379 g/mol. The van der Waals surface area contributed by atoms with Crippen LogP contribution in [0.25, 0.3) is 0 Å². The highest BCUT2D eigenvalue weighted by molar-refractivity contribution is 7.99. The van der Waals surface area contributed by atoms with Crippen LogP contribution in [0.1, 0.15) is 22.8 Å². The van der Waals surface area contributed by atoms with Gasteiger partial charge in [-0.05, 0) is 35.7 Å². The fourth-order valence-corrected chi connectivity index (χ4v) is 4.45. The number of hydrogen-bond donors (Lipinski definition) is 1. The molecular formula is C19H20ClFN2OS. The maximum absolute atomic E-state index is 12.9. The molecule has 0 radical (unpaired) electrons. The van der Waals surface area contributed by atoms with Crippen molar-refractivity contribution in [3.05, 3.63) is 70.5 Å². The summed E-state index contributed by atoms with van der Waals surface area (Å²) < 4.78 is 12.9. The highest BCUT2D eigenvalue weighted by Gasteiger charge is 2.23. The van der Waals surface area contributed by atoms with Crippen molar-refractivity contribution >= 4 is 29.4 Å². The van der Waals surface area contributed by atoms with Gasteiger partial charge in [0.15, 0.2) is 0 Å². The van der Waals surface area contributed by atoms with Crippen molar-refractivity contribution in [3.63, 3.8) is 0 Å². The predicted molar refractivity (Wildman–Crippen MR) is 101 cm³/mol. The molecule has 1 N–H and O–H groups in total. The molecule has 0 unspecified atom stereocenters. The Morgan fingerprint density at radius 1 is 1.20 bits per heavy atom. The van der Waals surface area contributed by atoms with E-state index in [1.165, 1.54) is 12.1 Å². The molecule has 1 aliphatic heterocycles. The summed E-state index contributed by atoms with van der Waals surface area (Å²) in [5, 5.41) is 4.01. The van der Waals surface area contributed by atoms with Gasteiger partial charge in [0, 0.05) is 35.7 Å². The van der Waals surface area contributed by atoms with Crippen LogP contribution in [-0.4, -0.2) is 29.8 Å². The lowest BCUT2D eigenvalue weighted by molar-refractivity contribution is 0.200. The average Bonchev–Trinajstić information content (AvgIpc) is 2.87. The minimum Gasteiger partial charge on any atom is -0.334 e. The smallest absolute Gasteiger partial charge is 0.317 e. The van der Waals surface area contributed by atoms with Crippen LogP contribution in [0.2, 0.25) is 5.02 Å². The Bertz CT molecular complexity index is 726. The minimum absolute atomic E-state index is 0.0790. The molecule has 3 rings (SSSR count). The highest BCUT2D eigenvalue weighted by Crippen LogP contribution is 2.37. The quantitative estimate of drug-likeness (QED) is 0.826. The topological polar surface area (TPSA) is 32.3 Å². The number of amides is 2. The summed E-state index contributed by atoms with van der Waals surface area (Å²) in [6, 6.07) is 14.0. The number of thioether (sulfide) groups is 1. The van der Waals surface area contributed by atoms with E-state index in [2.05, 4.69) is 11.4 Å². The SMILES string of the molecule is O=C(NCc1ccc(F)cc1)N1CCS[C@H](c2ccccc2Cl)CC1. The first kappa shape index (κ1) is 18.1. The first-order valence-corrected chi connectivity index (χ1v) is 9.69. The standard InChI is InChI=1S/C19H20ClFN2OS/c20-17-4-2-1-3-16(17)18-9-10-23(11-12-25-18)19(24)22-13-14-5-7-15(21)8-6-14/h1-8,18H,9-13H2,(H,22,24)/t18-/m0/s1. The van der Waals surface area contributed by atoms with Crippen molar-refractivity contribution in [1.82, 2.24) is 10.2 Å². The Morgan fingerprint density at radius 2 is 1.96 bits per heavy atom. The van der Waals surface area contributed by atoms with Crippen LogP contribution >= 0.6 is 23.4 Å². The maximum Gasteiger partial charge on any atom is 0.317 e. The number of benzene rings is 2. The molecule has 0 spiro atoms. The zero-order valence-corrected chi connectivity index (χ0v) is 15.3. The van der Waals surface area contributed by atoms with E-state index in [1.807, 2.05) is 34.9 Å². The third kappa shape index (κ3) is 4.89. The molecule has 25 heavy (non-hydrogen) atoms. The van der Waals surface area contributed by atoms with Gasteiger partial charge in [-0.3, -0.25) is 0 Å². The van der Waals surface area contributed by atoms with Gasteiger partial charge in [0.05, 0.1) is 0 Å². The van der Waals surface area contributed by atoms with E-state index >= 15 is 0 Å². The third-order valence-electron chi connectivity index (χ3n) is 4.24. The second kappa shape index (κ2) is 8.59. The summed E-state index contributed by atoms with van der Waals surface area (Å²) in [4.78, 5) is 14.2. The molecule has 1 atom stereocenters. The van der Waals surface area contributed by atoms with E-state index in [4.69, 9.17) is 11.6 Å². The van der Waals surface area contributed by atoms with E-state index in [9.17, 15) is 9.18 Å². The molecule has 2 amide bonds. The van der Waals surface area contributed by atoms with Crippen molar-refractivity contribution in [2.24, 2.45) is 0 Å². The molecule has 1 aliphatic rings. The zero-order chi connectivity index (χ0) is 17.6. The molecule has 0 aromatic heterocycles.